The molecular formula is C16H23FN2O2. The van der Waals surface area contributed by atoms with E-state index in [0.717, 1.165) is 25.9 Å². The smallest absolute Gasteiger partial charge is 0.263 e. The Morgan fingerprint density at radius 3 is 2.67 bits per heavy atom. The Labute approximate surface area is 125 Å². The number of nitrogens with zero attached hydrogens (tertiary/aromatic N) is 1. The fraction of sp³-hybridized carbons (Fsp3) is 0.562. The zero-order valence-electron chi connectivity index (χ0n) is 12.6. The molecule has 0 spiro atoms. The van der Waals surface area contributed by atoms with E-state index in [4.69, 9.17) is 10.5 Å². The van der Waals surface area contributed by atoms with E-state index in [-0.39, 0.29) is 17.8 Å². The maximum absolute atomic E-state index is 13.4. The Balaban J connectivity index is 2.08. The molecule has 0 bridgehead atoms. The van der Waals surface area contributed by atoms with Gasteiger partial charge in [0.2, 0.25) is 0 Å². The first-order chi connectivity index (χ1) is 9.97. The molecule has 21 heavy (non-hydrogen) atoms. The second kappa shape index (κ2) is 6.89. The molecule has 1 saturated heterocycles. The van der Waals surface area contributed by atoms with E-state index >= 15 is 0 Å². The summed E-state index contributed by atoms with van der Waals surface area (Å²) in [7, 11) is 0. The average Bonchev–Trinajstić information content (AvgIpc) is 2.94. The van der Waals surface area contributed by atoms with Crippen molar-refractivity contribution in [2.75, 3.05) is 13.1 Å². The van der Waals surface area contributed by atoms with Crippen LogP contribution in [0.1, 0.15) is 32.3 Å². The highest BCUT2D eigenvalue weighted by molar-refractivity contribution is 5.81. The van der Waals surface area contributed by atoms with Crippen LogP contribution in [0.3, 0.4) is 0 Å². The summed E-state index contributed by atoms with van der Waals surface area (Å²) in [6.07, 6.45) is 2.04. The number of benzene rings is 1. The summed E-state index contributed by atoms with van der Waals surface area (Å²) in [6.45, 7) is 5.18. The van der Waals surface area contributed by atoms with E-state index in [1.54, 1.807) is 13.0 Å². The third kappa shape index (κ3) is 4.17. The topological polar surface area (TPSA) is 55.6 Å². The number of carbonyl (C=O) groups is 1. The van der Waals surface area contributed by atoms with Crippen molar-refractivity contribution in [2.24, 2.45) is 5.73 Å². The largest absolute Gasteiger partial charge is 0.481 e. The van der Waals surface area contributed by atoms with Crippen molar-refractivity contribution in [2.45, 2.75) is 45.3 Å². The van der Waals surface area contributed by atoms with Crippen molar-refractivity contribution >= 4 is 5.91 Å². The zero-order chi connectivity index (χ0) is 15.4. The molecule has 4 nitrogen and oxygen atoms in total. The summed E-state index contributed by atoms with van der Waals surface area (Å²) in [4.78, 5) is 14.1. The predicted molar refractivity (Wildman–Crippen MR) is 79.7 cm³/mol. The number of hydrogen-bond acceptors (Lipinski definition) is 3. The van der Waals surface area contributed by atoms with Gasteiger partial charge in [-0.05, 0) is 56.9 Å². The molecule has 1 heterocycles. The first kappa shape index (κ1) is 15.8. The van der Waals surface area contributed by atoms with Crippen LogP contribution in [0.4, 0.5) is 4.39 Å². The van der Waals surface area contributed by atoms with Gasteiger partial charge in [0.05, 0.1) is 0 Å². The maximum Gasteiger partial charge on any atom is 0.263 e. The number of nitrogens with two attached hydrogens (primary N) is 1. The van der Waals surface area contributed by atoms with E-state index in [0.29, 0.717) is 17.7 Å². The van der Waals surface area contributed by atoms with Crippen LogP contribution < -0.4 is 10.5 Å². The van der Waals surface area contributed by atoms with Gasteiger partial charge in [-0.15, -0.1) is 0 Å². The Kier molecular flexibility index (Phi) is 5.17. The summed E-state index contributed by atoms with van der Waals surface area (Å²) < 4.78 is 19.1. The molecule has 1 aromatic carbocycles. The van der Waals surface area contributed by atoms with E-state index in [1.807, 2.05) is 11.8 Å². The van der Waals surface area contributed by atoms with Gasteiger partial charge in [-0.25, -0.2) is 4.39 Å². The Morgan fingerprint density at radius 1 is 1.38 bits per heavy atom. The van der Waals surface area contributed by atoms with E-state index < -0.39 is 6.10 Å². The molecule has 0 radical (unpaired) electrons. The molecule has 2 rings (SSSR count). The standard InChI is InChI=1S/C16H23FN2O2/c1-11(18)9-13-10-14(17)5-6-15(13)21-12(2)16(20)19-7-3-4-8-19/h5-6,10-12H,3-4,7-9,18H2,1-2H3. The Morgan fingerprint density at radius 2 is 2.05 bits per heavy atom. The van der Waals surface area contributed by atoms with Gasteiger partial charge in [-0.3, -0.25) is 4.79 Å². The van der Waals surface area contributed by atoms with Crippen LogP contribution in [0, 0.1) is 5.82 Å². The van der Waals surface area contributed by atoms with Crippen molar-refractivity contribution in [1.29, 1.82) is 0 Å². The molecule has 2 N–H and O–H groups in total. The SMILES string of the molecule is CC(N)Cc1cc(F)ccc1OC(C)C(=O)N1CCCC1. The van der Waals surface area contributed by atoms with E-state index in [9.17, 15) is 9.18 Å². The highest BCUT2D eigenvalue weighted by atomic mass is 19.1. The lowest BCUT2D eigenvalue weighted by Crippen LogP contribution is -2.38. The molecule has 0 aromatic heterocycles. The van der Waals surface area contributed by atoms with Gasteiger partial charge in [-0.2, -0.15) is 0 Å². The number of hydrogen-bond donors (Lipinski definition) is 1. The molecule has 1 fully saturated rings. The number of carbonyl (C=O) groups excluding carboxylic acids is 1. The third-order valence-corrected chi connectivity index (χ3v) is 3.63. The number of amides is 1. The van der Waals surface area contributed by atoms with Crippen LogP contribution in [0.2, 0.25) is 0 Å². The van der Waals surface area contributed by atoms with Crippen LogP contribution in [0.15, 0.2) is 18.2 Å². The average molecular weight is 294 g/mol. The minimum absolute atomic E-state index is 0.0106. The monoisotopic (exact) mass is 294 g/mol. The Hall–Kier alpha value is -1.62. The molecular weight excluding hydrogens is 271 g/mol. The minimum atomic E-state index is -0.569. The van der Waals surface area contributed by atoms with E-state index in [1.165, 1.54) is 12.1 Å². The molecule has 0 aliphatic carbocycles. The summed E-state index contributed by atoms with van der Waals surface area (Å²) in [5, 5.41) is 0. The second-order valence-electron chi connectivity index (χ2n) is 5.73. The highest BCUT2D eigenvalue weighted by Crippen LogP contribution is 2.23. The molecule has 1 aliphatic rings. The zero-order valence-corrected chi connectivity index (χ0v) is 12.6. The van der Waals surface area contributed by atoms with Gasteiger partial charge in [0.25, 0.3) is 5.91 Å². The van der Waals surface area contributed by atoms with Crippen LogP contribution in [-0.4, -0.2) is 36.0 Å². The molecule has 5 heteroatoms. The summed E-state index contributed by atoms with van der Waals surface area (Å²) in [5.41, 5.74) is 6.48. The van der Waals surface area contributed by atoms with Gasteiger partial charge >= 0.3 is 0 Å². The van der Waals surface area contributed by atoms with Gasteiger partial charge in [0.1, 0.15) is 11.6 Å². The maximum atomic E-state index is 13.4. The van der Waals surface area contributed by atoms with Crippen molar-refractivity contribution < 1.29 is 13.9 Å². The normalized spacial score (nSPS) is 17.6. The Bertz CT molecular complexity index is 499. The second-order valence-corrected chi connectivity index (χ2v) is 5.73. The summed E-state index contributed by atoms with van der Waals surface area (Å²) in [5.74, 6) is 0.203. The summed E-state index contributed by atoms with van der Waals surface area (Å²) >= 11 is 0. The quantitative estimate of drug-likeness (QED) is 0.905. The molecule has 0 saturated carbocycles. The van der Waals surface area contributed by atoms with Crippen molar-refractivity contribution in [3.05, 3.63) is 29.6 Å². The fourth-order valence-corrected chi connectivity index (χ4v) is 2.60. The first-order valence-corrected chi connectivity index (χ1v) is 7.47. The fourth-order valence-electron chi connectivity index (χ4n) is 2.60. The lowest BCUT2D eigenvalue weighted by molar-refractivity contribution is -0.136. The molecule has 116 valence electrons. The summed E-state index contributed by atoms with van der Waals surface area (Å²) in [6, 6.07) is 4.23. The number of likely N-dealkylation sites (tertiary alicyclic amines) is 1. The minimum Gasteiger partial charge on any atom is -0.481 e. The lowest BCUT2D eigenvalue weighted by Gasteiger charge is -2.22. The van der Waals surface area contributed by atoms with Crippen LogP contribution >= 0.6 is 0 Å². The van der Waals surface area contributed by atoms with Crippen molar-refractivity contribution in [3.8, 4) is 5.75 Å². The van der Waals surface area contributed by atoms with Crippen molar-refractivity contribution in [1.82, 2.24) is 4.90 Å². The van der Waals surface area contributed by atoms with Crippen LogP contribution in [0.5, 0.6) is 5.75 Å². The number of halogens is 1. The molecule has 2 atom stereocenters. The molecule has 1 aliphatic heterocycles. The van der Waals surface area contributed by atoms with Crippen LogP contribution in [0.25, 0.3) is 0 Å². The van der Waals surface area contributed by atoms with Gasteiger partial charge in [0, 0.05) is 19.1 Å². The third-order valence-electron chi connectivity index (χ3n) is 3.63. The van der Waals surface area contributed by atoms with Crippen LogP contribution in [-0.2, 0) is 11.2 Å². The van der Waals surface area contributed by atoms with Gasteiger partial charge < -0.3 is 15.4 Å². The lowest BCUT2D eigenvalue weighted by atomic mass is 10.1. The predicted octanol–water partition coefficient (Wildman–Crippen LogP) is 2.11. The highest BCUT2D eigenvalue weighted by Gasteiger charge is 2.25. The first-order valence-electron chi connectivity index (χ1n) is 7.47. The van der Waals surface area contributed by atoms with Gasteiger partial charge in [-0.1, -0.05) is 0 Å². The van der Waals surface area contributed by atoms with E-state index in [2.05, 4.69) is 0 Å². The van der Waals surface area contributed by atoms with Crippen molar-refractivity contribution in [3.63, 3.8) is 0 Å². The van der Waals surface area contributed by atoms with Gasteiger partial charge in [0.15, 0.2) is 6.10 Å². The number of ether oxygens (including phenoxy) is 1. The molecule has 2 unspecified atom stereocenters. The number of rotatable bonds is 5. The molecule has 1 amide bonds. The molecule has 1 aromatic rings.